The molecule has 1 aliphatic carbocycles. The molecule has 0 unspecified atom stereocenters. The number of amides is 1. The number of anilines is 1. The highest BCUT2D eigenvalue weighted by atomic mass is 32.2. The normalized spacial score (nSPS) is 13.1. The molecule has 138 valence electrons. The minimum absolute atomic E-state index is 0.0674. The topological polar surface area (TPSA) is 63.2 Å². The second-order valence-electron chi connectivity index (χ2n) is 6.88. The molecule has 1 N–H and O–H groups in total. The molecular weight excluding hydrogens is 358 g/mol. The minimum atomic E-state index is -3.22. The SMILES string of the molecule is CCS(=O)(=O)c1ccc(CC(=O)Nc2ccc3c4c(cccc24)CC3)cc1. The van der Waals surface area contributed by atoms with E-state index in [1.165, 1.54) is 16.5 Å². The summed E-state index contributed by atoms with van der Waals surface area (Å²) in [6.45, 7) is 1.62. The van der Waals surface area contributed by atoms with Gasteiger partial charge in [0, 0.05) is 11.1 Å². The molecule has 0 saturated carbocycles. The molecule has 5 heteroatoms. The van der Waals surface area contributed by atoms with Gasteiger partial charge in [-0.3, -0.25) is 4.79 Å². The summed E-state index contributed by atoms with van der Waals surface area (Å²) in [5, 5.41) is 5.37. The molecule has 0 saturated heterocycles. The van der Waals surface area contributed by atoms with Crippen molar-refractivity contribution < 1.29 is 13.2 Å². The average Bonchev–Trinajstić information content (AvgIpc) is 3.09. The minimum Gasteiger partial charge on any atom is -0.325 e. The van der Waals surface area contributed by atoms with Crippen molar-refractivity contribution in [1.82, 2.24) is 0 Å². The third-order valence-corrected chi connectivity index (χ3v) is 6.93. The summed E-state index contributed by atoms with van der Waals surface area (Å²) in [6.07, 6.45) is 2.31. The van der Waals surface area contributed by atoms with E-state index in [2.05, 4.69) is 17.4 Å². The Hall–Kier alpha value is -2.66. The maximum absolute atomic E-state index is 12.5. The summed E-state index contributed by atoms with van der Waals surface area (Å²) in [4.78, 5) is 12.8. The second kappa shape index (κ2) is 6.82. The van der Waals surface area contributed by atoms with Crippen molar-refractivity contribution in [3.05, 3.63) is 71.3 Å². The zero-order valence-electron chi connectivity index (χ0n) is 15.2. The third kappa shape index (κ3) is 3.35. The van der Waals surface area contributed by atoms with Crippen molar-refractivity contribution in [1.29, 1.82) is 0 Å². The lowest BCUT2D eigenvalue weighted by Crippen LogP contribution is -2.15. The first kappa shape index (κ1) is 17.7. The summed E-state index contributed by atoms with van der Waals surface area (Å²) in [5.74, 6) is -0.0439. The Balaban J connectivity index is 1.53. The van der Waals surface area contributed by atoms with Gasteiger partial charge >= 0.3 is 0 Å². The zero-order chi connectivity index (χ0) is 19.0. The van der Waals surface area contributed by atoms with E-state index < -0.39 is 9.84 Å². The zero-order valence-corrected chi connectivity index (χ0v) is 16.0. The predicted molar refractivity (Wildman–Crippen MR) is 108 cm³/mol. The highest BCUT2D eigenvalue weighted by Gasteiger charge is 2.17. The van der Waals surface area contributed by atoms with Gasteiger partial charge in [0.1, 0.15) is 0 Å². The molecule has 0 heterocycles. The summed E-state index contributed by atoms with van der Waals surface area (Å²) >= 11 is 0. The number of hydrogen-bond donors (Lipinski definition) is 1. The van der Waals surface area contributed by atoms with E-state index in [0.29, 0.717) is 4.90 Å². The van der Waals surface area contributed by atoms with Crippen molar-refractivity contribution in [3.63, 3.8) is 0 Å². The van der Waals surface area contributed by atoms with Crippen LogP contribution in [0.4, 0.5) is 5.69 Å². The van der Waals surface area contributed by atoms with Crippen LogP contribution in [0.5, 0.6) is 0 Å². The molecule has 0 atom stereocenters. The molecule has 1 aliphatic rings. The van der Waals surface area contributed by atoms with Gasteiger partial charge in [0.05, 0.1) is 17.1 Å². The Morgan fingerprint density at radius 2 is 1.67 bits per heavy atom. The molecule has 4 rings (SSSR count). The van der Waals surface area contributed by atoms with Crippen molar-refractivity contribution in [2.45, 2.75) is 31.1 Å². The van der Waals surface area contributed by atoms with Crippen LogP contribution in [-0.4, -0.2) is 20.1 Å². The quantitative estimate of drug-likeness (QED) is 0.731. The van der Waals surface area contributed by atoms with Gasteiger partial charge in [0.25, 0.3) is 0 Å². The fourth-order valence-electron chi connectivity index (χ4n) is 3.72. The molecule has 0 spiro atoms. The Labute approximate surface area is 159 Å². The van der Waals surface area contributed by atoms with Crippen molar-refractivity contribution in [3.8, 4) is 0 Å². The van der Waals surface area contributed by atoms with Crippen LogP contribution in [0, 0.1) is 0 Å². The third-order valence-electron chi connectivity index (χ3n) is 5.18. The lowest BCUT2D eigenvalue weighted by atomic mass is 10.0. The first-order valence-electron chi connectivity index (χ1n) is 9.13. The average molecular weight is 379 g/mol. The number of nitrogens with one attached hydrogen (secondary N) is 1. The van der Waals surface area contributed by atoms with Gasteiger partial charge < -0.3 is 5.32 Å². The van der Waals surface area contributed by atoms with E-state index in [1.807, 2.05) is 18.2 Å². The van der Waals surface area contributed by atoms with Crippen LogP contribution < -0.4 is 5.32 Å². The lowest BCUT2D eigenvalue weighted by Gasteiger charge is -2.11. The highest BCUT2D eigenvalue weighted by Crippen LogP contribution is 2.35. The molecule has 0 radical (unpaired) electrons. The number of benzene rings is 3. The largest absolute Gasteiger partial charge is 0.325 e. The smallest absolute Gasteiger partial charge is 0.228 e. The van der Waals surface area contributed by atoms with Crippen LogP contribution in [0.3, 0.4) is 0 Å². The monoisotopic (exact) mass is 379 g/mol. The summed E-state index contributed by atoms with van der Waals surface area (Å²) in [6, 6.07) is 16.9. The Morgan fingerprint density at radius 3 is 2.37 bits per heavy atom. The fourth-order valence-corrected chi connectivity index (χ4v) is 4.60. The summed E-state index contributed by atoms with van der Waals surface area (Å²) < 4.78 is 23.8. The first-order valence-corrected chi connectivity index (χ1v) is 10.8. The maximum atomic E-state index is 12.5. The molecule has 3 aromatic rings. The van der Waals surface area contributed by atoms with Gasteiger partial charge in [-0.2, -0.15) is 0 Å². The summed E-state index contributed by atoms with van der Waals surface area (Å²) in [7, 11) is -3.22. The Morgan fingerprint density at radius 1 is 0.963 bits per heavy atom. The molecule has 0 fully saturated rings. The molecule has 0 aliphatic heterocycles. The Bertz CT molecular complexity index is 1120. The van der Waals surface area contributed by atoms with Crippen LogP contribution in [0.25, 0.3) is 10.8 Å². The van der Waals surface area contributed by atoms with Crippen molar-refractivity contribution in [2.75, 3.05) is 11.1 Å². The highest BCUT2D eigenvalue weighted by molar-refractivity contribution is 7.91. The van der Waals surface area contributed by atoms with Crippen LogP contribution in [0.15, 0.2) is 59.5 Å². The van der Waals surface area contributed by atoms with Gasteiger partial charge in [-0.25, -0.2) is 8.42 Å². The van der Waals surface area contributed by atoms with Gasteiger partial charge in [0.2, 0.25) is 5.91 Å². The van der Waals surface area contributed by atoms with Gasteiger partial charge in [-0.15, -0.1) is 0 Å². The van der Waals surface area contributed by atoms with Crippen molar-refractivity contribution >= 4 is 32.2 Å². The van der Waals surface area contributed by atoms with E-state index >= 15 is 0 Å². The molecule has 3 aromatic carbocycles. The predicted octanol–water partition coefficient (Wildman–Crippen LogP) is 3.91. The standard InChI is InChI=1S/C22H21NO3S/c1-2-27(25,26)18-11-6-15(7-12-18)14-21(24)23-20-13-10-17-9-8-16-4-3-5-19(20)22(16)17/h3-7,10-13H,2,8-9,14H2,1H3,(H,23,24). The van der Waals surface area contributed by atoms with E-state index in [-0.39, 0.29) is 18.1 Å². The molecular formula is C22H21NO3S. The van der Waals surface area contributed by atoms with Crippen LogP contribution in [-0.2, 0) is 33.9 Å². The molecule has 27 heavy (non-hydrogen) atoms. The van der Waals surface area contributed by atoms with Crippen LogP contribution in [0.1, 0.15) is 23.6 Å². The van der Waals surface area contributed by atoms with E-state index in [1.54, 1.807) is 31.2 Å². The van der Waals surface area contributed by atoms with Gasteiger partial charge in [0.15, 0.2) is 9.84 Å². The molecule has 1 amide bonds. The van der Waals surface area contributed by atoms with E-state index in [4.69, 9.17) is 0 Å². The van der Waals surface area contributed by atoms with Gasteiger partial charge in [-0.1, -0.05) is 43.3 Å². The Kier molecular flexibility index (Phi) is 4.48. The van der Waals surface area contributed by atoms with E-state index in [0.717, 1.165) is 29.5 Å². The van der Waals surface area contributed by atoms with Crippen LogP contribution in [0.2, 0.25) is 0 Å². The van der Waals surface area contributed by atoms with Crippen LogP contribution >= 0.6 is 0 Å². The van der Waals surface area contributed by atoms with Crippen molar-refractivity contribution in [2.24, 2.45) is 0 Å². The maximum Gasteiger partial charge on any atom is 0.228 e. The number of carbonyl (C=O) groups is 1. The molecule has 0 aromatic heterocycles. The fraction of sp³-hybridized carbons (Fsp3) is 0.227. The van der Waals surface area contributed by atoms with E-state index in [9.17, 15) is 13.2 Å². The number of rotatable bonds is 5. The number of sulfone groups is 1. The first-order chi connectivity index (χ1) is 13.0. The molecule has 4 nitrogen and oxygen atoms in total. The summed E-state index contributed by atoms with van der Waals surface area (Å²) in [5.41, 5.74) is 4.29. The number of carbonyl (C=O) groups excluding carboxylic acids is 1. The second-order valence-corrected chi connectivity index (χ2v) is 9.16. The van der Waals surface area contributed by atoms with Gasteiger partial charge in [-0.05, 0) is 53.1 Å². The molecule has 0 bridgehead atoms. The lowest BCUT2D eigenvalue weighted by molar-refractivity contribution is -0.115. The number of hydrogen-bond acceptors (Lipinski definition) is 3. The number of aryl methyl sites for hydroxylation is 2.